The molecule has 0 aromatic heterocycles. The fourth-order valence-electron chi connectivity index (χ4n) is 2.93. The Balaban J connectivity index is 1.59. The first-order valence-electron chi connectivity index (χ1n) is 7.21. The molecule has 1 unspecified atom stereocenters. The van der Waals surface area contributed by atoms with Gasteiger partial charge in [-0.2, -0.15) is 11.8 Å². The monoisotopic (exact) mass is 291 g/mol. The van der Waals surface area contributed by atoms with Crippen molar-refractivity contribution in [2.24, 2.45) is 5.92 Å². The first-order valence-corrected chi connectivity index (χ1v) is 8.37. The Morgan fingerprint density at radius 2 is 1.95 bits per heavy atom. The number of hydrogen-bond acceptors (Lipinski definition) is 4. The van der Waals surface area contributed by atoms with Crippen molar-refractivity contribution >= 4 is 29.0 Å². The Kier molecular flexibility index (Phi) is 4.05. The van der Waals surface area contributed by atoms with Crippen molar-refractivity contribution in [1.29, 1.82) is 0 Å². The number of para-hydroxylation sites is 2. The second-order valence-electron chi connectivity index (χ2n) is 5.43. The van der Waals surface area contributed by atoms with Gasteiger partial charge in [-0.3, -0.25) is 4.79 Å². The summed E-state index contributed by atoms with van der Waals surface area (Å²) in [5.74, 6) is 2.76. The first-order chi connectivity index (χ1) is 9.75. The number of nitrogens with two attached hydrogens (primary N) is 1. The molecule has 0 radical (unpaired) electrons. The number of benzene rings is 1. The topological polar surface area (TPSA) is 49.6 Å². The van der Waals surface area contributed by atoms with E-state index in [4.69, 9.17) is 5.73 Å². The molecule has 2 saturated heterocycles. The van der Waals surface area contributed by atoms with Crippen molar-refractivity contribution in [3.05, 3.63) is 24.3 Å². The molecule has 0 spiro atoms. The Morgan fingerprint density at radius 3 is 2.60 bits per heavy atom. The lowest BCUT2D eigenvalue weighted by Gasteiger charge is -2.37. The van der Waals surface area contributed by atoms with E-state index in [1.165, 1.54) is 0 Å². The second-order valence-corrected chi connectivity index (χ2v) is 6.58. The normalized spacial score (nSPS) is 23.1. The van der Waals surface area contributed by atoms with Gasteiger partial charge in [0.25, 0.3) is 0 Å². The lowest BCUT2D eigenvalue weighted by molar-refractivity contribution is -0.135. The number of hydrogen-bond donors (Lipinski definition) is 1. The predicted molar refractivity (Wildman–Crippen MR) is 85.1 cm³/mol. The third kappa shape index (κ3) is 2.73. The highest BCUT2D eigenvalue weighted by atomic mass is 32.2. The van der Waals surface area contributed by atoms with Gasteiger partial charge in [0.1, 0.15) is 0 Å². The summed E-state index contributed by atoms with van der Waals surface area (Å²) >= 11 is 1.90. The van der Waals surface area contributed by atoms with Crippen LogP contribution in [0.5, 0.6) is 0 Å². The minimum absolute atomic E-state index is 0.258. The van der Waals surface area contributed by atoms with Crippen LogP contribution in [-0.2, 0) is 4.79 Å². The Bertz CT molecular complexity index is 480. The van der Waals surface area contributed by atoms with Crippen LogP contribution in [0.4, 0.5) is 11.4 Å². The highest BCUT2D eigenvalue weighted by Crippen LogP contribution is 2.27. The highest BCUT2D eigenvalue weighted by Gasteiger charge is 2.29. The SMILES string of the molecule is Nc1ccccc1N1CCN(C(=O)C2CCSC2)CC1. The van der Waals surface area contributed by atoms with E-state index in [0.717, 1.165) is 55.5 Å². The van der Waals surface area contributed by atoms with Gasteiger partial charge in [-0.15, -0.1) is 0 Å². The standard InChI is InChI=1S/C15H21N3OS/c16-13-3-1-2-4-14(13)17-6-8-18(9-7-17)15(19)12-5-10-20-11-12/h1-4,12H,5-11,16H2. The fraction of sp³-hybridized carbons (Fsp3) is 0.533. The average molecular weight is 291 g/mol. The average Bonchev–Trinajstić information content (AvgIpc) is 3.01. The maximum absolute atomic E-state index is 12.4. The molecule has 3 rings (SSSR count). The molecule has 1 atom stereocenters. The number of thioether (sulfide) groups is 1. The number of nitrogens with zero attached hydrogens (tertiary/aromatic N) is 2. The molecule has 4 nitrogen and oxygen atoms in total. The van der Waals surface area contributed by atoms with Gasteiger partial charge in [0.05, 0.1) is 11.4 Å². The number of anilines is 2. The number of carbonyl (C=O) groups excluding carboxylic acids is 1. The molecule has 0 saturated carbocycles. The quantitative estimate of drug-likeness (QED) is 0.842. The van der Waals surface area contributed by atoms with Crippen LogP contribution in [0.2, 0.25) is 0 Å². The zero-order valence-corrected chi connectivity index (χ0v) is 12.4. The lowest BCUT2D eigenvalue weighted by atomic mass is 10.1. The molecule has 1 aromatic carbocycles. The fourth-order valence-corrected chi connectivity index (χ4v) is 4.14. The molecule has 1 amide bonds. The van der Waals surface area contributed by atoms with Gasteiger partial charge in [-0.1, -0.05) is 12.1 Å². The van der Waals surface area contributed by atoms with Gasteiger partial charge in [-0.25, -0.2) is 0 Å². The molecule has 1 aromatic rings. The number of amides is 1. The zero-order chi connectivity index (χ0) is 13.9. The van der Waals surface area contributed by atoms with E-state index < -0.39 is 0 Å². The Labute approximate surface area is 124 Å². The van der Waals surface area contributed by atoms with Gasteiger partial charge in [-0.05, 0) is 24.3 Å². The van der Waals surface area contributed by atoms with Crippen molar-refractivity contribution in [2.45, 2.75) is 6.42 Å². The third-order valence-corrected chi connectivity index (χ3v) is 5.31. The maximum atomic E-state index is 12.4. The van der Waals surface area contributed by atoms with Crippen LogP contribution in [0.25, 0.3) is 0 Å². The van der Waals surface area contributed by atoms with E-state index in [1.54, 1.807) is 0 Å². The van der Waals surface area contributed by atoms with E-state index in [-0.39, 0.29) is 5.92 Å². The van der Waals surface area contributed by atoms with E-state index in [9.17, 15) is 4.79 Å². The van der Waals surface area contributed by atoms with Crippen molar-refractivity contribution in [1.82, 2.24) is 4.90 Å². The van der Waals surface area contributed by atoms with E-state index in [1.807, 2.05) is 34.9 Å². The maximum Gasteiger partial charge on any atom is 0.226 e. The molecule has 2 N–H and O–H groups in total. The lowest BCUT2D eigenvalue weighted by Crippen LogP contribution is -2.50. The molecule has 2 aliphatic rings. The summed E-state index contributed by atoms with van der Waals surface area (Å²) in [5, 5.41) is 0. The Hall–Kier alpha value is -1.36. The molecule has 0 bridgehead atoms. The summed E-state index contributed by atoms with van der Waals surface area (Å²) in [7, 11) is 0. The van der Waals surface area contributed by atoms with Gasteiger partial charge in [0, 0.05) is 37.8 Å². The zero-order valence-electron chi connectivity index (χ0n) is 11.6. The number of piperazine rings is 1. The minimum atomic E-state index is 0.258. The molecule has 0 aliphatic carbocycles. The first kappa shape index (κ1) is 13.6. The molecule has 20 heavy (non-hydrogen) atoms. The molecule has 2 fully saturated rings. The van der Waals surface area contributed by atoms with E-state index in [0.29, 0.717) is 5.91 Å². The summed E-state index contributed by atoms with van der Waals surface area (Å²) in [6.45, 7) is 3.38. The smallest absolute Gasteiger partial charge is 0.226 e. The molecule has 5 heteroatoms. The van der Waals surface area contributed by atoms with Crippen LogP contribution < -0.4 is 10.6 Å². The van der Waals surface area contributed by atoms with Crippen molar-refractivity contribution in [3.8, 4) is 0 Å². The third-order valence-electron chi connectivity index (χ3n) is 4.15. The second kappa shape index (κ2) is 5.95. The Morgan fingerprint density at radius 1 is 1.20 bits per heavy atom. The van der Waals surface area contributed by atoms with Crippen molar-refractivity contribution < 1.29 is 4.79 Å². The summed E-state index contributed by atoms with van der Waals surface area (Å²) in [6.07, 6.45) is 1.05. The molecular formula is C15H21N3OS. The largest absolute Gasteiger partial charge is 0.397 e. The number of rotatable bonds is 2. The van der Waals surface area contributed by atoms with Gasteiger partial charge < -0.3 is 15.5 Å². The number of nitrogen functional groups attached to an aromatic ring is 1. The summed E-state index contributed by atoms with van der Waals surface area (Å²) in [5.41, 5.74) is 7.93. The highest BCUT2D eigenvalue weighted by molar-refractivity contribution is 7.99. The number of carbonyl (C=O) groups is 1. The summed E-state index contributed by atoms with van der Waals surface area (Å²) in [4.78, 5) is 16.7. The minimum Gasteiger partial charge on any atom is -0.397 e. The van der Waals surface area contributed by atoms with Crippen LogP contribution in [0.3, 0.4) is 0 Å². The molecule has 108 valence electrons. The summed E-state index contributed by atoms with van der Waals surface area (Å²) < 4.78 is 0. The van der Waals surface area contributed by atoms with Crippen LogP contribution in [0.1, 0.15) is 6.42 Å². The predicted octanol–water partition coefficient (Wildman–Crippen LogP) is 1.67. The summed E-state index contributed by atoms with van der Waals surface area (Å²) in [6, 6.07) is 7.96. The van der Waals surface area contributed by atoms with Crippen molar-refractivity contribution in [3.63, 3.8) is 0 Å². The van der Waals surface area contributed by atoms with Crippen LogP contribution in [-0.4, -0.2) is 48.5 Å². The molecule has 2 aliphatic heterocycles. The van der Waals surface area contributed by atoms with Crippen LogP contribution >= 0.6 is 11.8 Å². The van der Waals surface area contributed by atoms with Crippen LogP contribution in [0, 0.1) is 5.92 Å². The van der Waals surface area contributed by atoms with Gasteiger partial charge in [0.15, 0.2) is 0 Å². The van der Waals surface area contributed by atoms with E-state index in [2.05, 4.69) is 11.0 Å². The molecular weight excluding hydrogens is 270 g/mol. The molecule has 2 heterocycles. The van der Waals surface area contributed by atoms with E-state index >= 15 is 0 Å². The van der Waals surface area contributed by atoms with Crippen LogP contribution in [0.15, 0.2) is 24.3 Å². The van der Waals surface area contributed by atoms with Crippen molar-refractivity contribution in [2.75, 3.05) is 48.3 Å². The van der Waals surface area contributed by atoms with Gasteiger partial charge in [0.2, 0.25) is 5.91 Å². The van der Waals surface area contributed by atoms with Gasteiger partial charge >= 0.3 is 0 Å².